The van der Waals surface area contributed by atoms with Crippen molar-refractivity contribution in [1.29, 1.82) is 0 Å². The third kappa shape index (κ3) is 2.92. The molecule has 3 nitrogen and oxygen atoms in total. The molecule has 1 fully saturated rings. The summed E-state index contributed by atoms with van der Waals surface area (Å²) in [6.45, 7) is 0. The van der Waals surface area contributed by atoms with Gasteiger partial charge >= 0.3 is 6.03 Å². The zero-order valence-corrected chi connectivity index (χ0v) is 9.93. The highest BCUT2D eigenvalue weighted by atomic mass is 32.2. The molecule has 1 saturated heterocycles. The number of primary amides is 1. The molecule has 1 unspecified atom stereocenters. The van der Waals surface area contributed by atoms with E-state index in [1.165, 1.54) is 29.9 Å². The Morgan fingerprint density at radius 3 is 2.69 bits per heavy atom. The smallest absolute Gasteiger partial charge is 0.316 e. The van der Waals surface area contributed by atoms with Crippen LogP contribution >= 0.6 is 11.8 Å². The lowest BCUT2D eigenvalue weighted by molar-refractivity contribution is 0.259. The zero-order chi connectivity index (χ0) is 11.4. The minimum Gasteiger partial charge on any atom is -0.351 e. The quantitative estimate of drug-likeness (QED) is 0.829. The summed E-state index contributed by atoms with van der Waals surface area (Å²) in [6, 6.07) is 7.49. The fraction of sp³-hybridized carbons (Fsp3) is 0.417. The van der Waals surface area contributed by atoms with Crippen LogP contribution in [0.3, 0.4) is 0 Å². The van der Waals surface area contributed by atoms with Gasteiger partial charge in [-0.3, -0.25) is 0 Å². The number of urea groups is 1. The number of carbonyl (C=O) groups is 1. The summed E-state index contributed by atoms with van der Waals surface area (Å²) in [5.74, 6) is 3.17. The Balaban J connectivity index is 2.03. The number of rotatable bonds is 2. The van der Waals surface area contributed by atoms with Gasteiger partial charge in [0, 0.05) is 11.4 Å². The van der Waals surface area contributed by atoms with Gasteiger partial charge in [-0.1, -0.05) is 12.1 Å². The Morgan fingerprint density at radius 2 is 2.12 bits per heavy atom. The molecular weight excluding hydrogens is 220 g/mol. The Bertz CT molecular complexity index is 358. The SMILES string of the molecule is NC(=O)Nc1ccc(C2CCCSC2)cc1. The van der Waals surface area contributed by atoms with E-state index in [0.29, 0.717) is 5.92 Å². The molecule has 0 aliphatic carbocycles. The van der Waals surface area contributed by atoms with E-state index < -0.39 is 6.03 Å². The molecule has 0 saturated carbocycles. The van der Waals surface area contributed by atoms with E-state index in [-0.39, 0.29) is 0 Å². The second kappa shape index (κ2) is 5.25. The van der Waals surface area contributed by atoms with Gasteiger partial charge in [0.25, 0.3) is 0 Å². The molecule has 1 aromatic rings. The summed E-state index contributed by atoms with van der Waals surface area (Å²) in [4.78, 5) is 10.7. The largest absolute Gasteiger partial charge is 0.351 e. The van der Waals surface area contributed by atoms with Gasteiger partial charge in [-0.2, -0.15) is 11.8 Å². The molecule has 3 N–H and O–H groups in total. The number of carbonyl (C=O) groups excluding carboxylic acids is 1. The van der Waals surface area contributed by atoms with Crippen molar-refractivity contribution in [2.24, 2.45) is 5.73 Å². The minimum atomic E-state index is -0.513. The van der Waals surface area contributed by atoms with E-state index in [9.17, 15) is 4.79 Å². The van der Waals surface area contributed by atoms with Crippen molar-refractivity contribution in [3.8, 4) is 0 Å². The molecule has 16 heavy (non-hydrogen) atoms. The lowest BCUT2D eigenvalue weighted by atomic mass is 9.96. The number of thioether (sulfide) groups is 1. The molecule has 1 atom stereocenters. The Kier molecular flexibility index (Phi) is 3.72. The van der Waals surface area contributed by atoms with Gasteiger partial charge < -0.3 is 11.1 Å². The number of hydrogen-bond acceptors (Lipinski definition) is 2. The number of anilines is 1. The topological polar surface area (TPSA) is 55.1 Å². The third-order valence-corrected chi connectivity index (χ3v) is 4.03. The lowest BCUT2D eigenvalue weighted by Crippen LogP contribution is -2.19. The minimum absolute atomic E-state index is 0.513. The second-order valence-electron chi connectivity index (χ2n) is 4.03. The molecule has 1 heterocycles. The molecule has 86 valence electrons. The van der Waals surface area contributed by atoms with Crippen LogP contribution in [0.4, 0.5) is 10.5 Å². The molecule has 2 amide bonds. The highest BCUT2D eigenvalue weighted by Crippen LogP contribution is 2.31. The van der Waals surface area contributed by atoms with Gasteiger partial charge in [-0.05, 0) is 42.2 Å². The van der Waals surface area contributed by atoms with Crippen LogP contribution in [0.2, 0.25) is 0 Å². The summed E-state index contributed by atoms with van der Waals surface area (Å²) < 4.78 is 0. The molecule has 0 aromatic heterocycles. The van der Waals surface area contributed by atoms with E-state index in [1.54, 1.807) is 0 Å². The molecule has 4 heteroatoms. The maximum Gasteiger partial charge on any atom is 0.316 e. The first kappa shape index (κ1) is 11.3. The number of amides is 2. The van der Waals surface area contributed by atoms with Gasteiger partial charge in [0.05, 0.1) is 0 Å². The Morgan fingerprint density at radius 1 is 1.38 bits per heavy atom. The average molecular weight is 236 g/mol. The first-order valence-corrected chi connectivity index (χ1v) is 6.65. The summed E-state index contributed by atoms with van der Waals surface area (Å²) >= 11 is 2.02. The van der Waals surface area contributed by atoms with Gasteiger partial charge in [0.2, 0.25) is 0 Å². The molecule has 2 rings (SSSR count). The lowest BCUT2D eigenvalue weighted by Gasteiger charge is -2.21. The highest BCUT2D eigenvalue weighted by molar-refractivity contribution is 7.99. The molecule has 0 radical (unpaired) electrons. The van der Waals surface area contributed by atoms with Crippen LogP contribution in [0.5, 0.6) is 0 Å². The van der Waals surface area contributed by atoms with E-state index in [1.807, 2.05) is 23.9 Å². The summed E-state index contributed by atoms with van der Waals surface area (Å²) in [5.41, 5.74) is 7.18. The monoisotopic (exact) mass is 236 g/mol. The van der Waals surface area contributed by atoms with Crippen LogP contribution in [-0.2, 0) is 0 Å². The summed E-state index contributed by atoms with van der Waals surface area (Å²) in [6.07, 6.45) is 2.58. The number of nitrogens with two attached hydrogens (primary N) is 1. The van der Waals surface area contributed by atoms with Crippen LogP contribution in [0.1, 0.15) is 24.3 Å². The number of benzene rings is 1. The maximum absolute atomic E-state index is 10.7. The number of nitrogens with one attached hydrogen (secondary N) is 1. The number of hydrogen-bond donors (Lipinski definition) is 2. The standard InChI is InChI=1S/C12H16N2OS/c13-12(15)14-11-5-3-9(4-6-11)10-2-1-7-16-8-10/h3-6,10H,1-2,7-8H2,(H3,13,14,15). The maximum atomic E-state index is 10.7. The predicted octanol–water partition coefficient (Wildman–Crippen LogP) is 2.79. The van der Waals surface area contributed by atoms with E-state index in [0.717, 1.165) is 5.69 Å². The Labute approximate surface area is 99.8 Å². The van der Waals surface area contributed by atoms with Crippen molar-refractivity contribution < 1.29 is 4.79 Å². The predicted molar refractivity (Wildman–Crippen MR) is 68.9 cm³/mol. The molecule has 1 aliphatic heterocycles. The van der Waals surface area contributed by atoms with Crippen LogP contribution in [0, 0.1) is 0 Å². The van der Waals surface area contributed by atoms with Crippen LogP contribution in [0.25, 0.3) is 0 Å². The third-order valence-electron chi connectivity index (χ3n) is 2.81. The van der Waals surface area contributed by atoms with E-state index >= 15 is 0 Å². The van der Waals surface area contributed by atoms with Crippen molar-refractivity contribution >= 4 is 23.5 Å². The van der Waals surface area contributed by atoms with Crippen molar-refractivity contribution in [3.63, 3.8) is 0 Å². The zero-order valence-electron chi connectivity index (χ0n) is 9.11. The molecule has 0 spiro atoms. The van der Waals surface area contributed by atoms with Gasteiger partial charge in [-0.25, -0.2) is 4.79 Å². The highest BCUT2D eigenvalue weighted by Gasteiger charge is 2.15. The van der Waals surface area contributed by atoms with E-state index in [4.69, 9.17) is 5.73 Å². The average Bonchev–Trinajstić information content (AvgIpc) is 2.30. The van der Waals surface area contributed by atoms with Crippen LogP contribution < -0.4 is 11.1 Å². The van der Waals surface area contributed by atoms with Gasteiger partial charge in [0.15, 0.2) is 0 Å². The Hall–Kier alpha value is -1.16. The molecular formula is C12H16N2OS. The van der Waals surface area contributed by atoms with Crippen molar-refractivity contribution in [2.75, 3.05) is 16.8 Å². The van der Waals surface area contributed by atoms with Crippen LogP contribution in [-0.4, -0.2) is 17.5 Å². The fourth-order valence-corrected chi connectivity index (χ4v) is 3.17. The van der Waals surface area contributed by atoms with Gasteiger partial charge in [0.1, 0.15) is 0 Å². The second-order valence-corrected chi connectivity index (χ2v) is 5.18. The van der Waals surface area contributed by atoms with Crippen molar-refractivity contribution in [1.82, 2.24) is 0 Å². The van der Waals surface area contributed by atoms with Crippen LogP contribution in [0.15, 0.2) is 24.3 Å². The van der Waals surface area contributed by atoms with Crippen molar-refractivity contribution in [3.05, 3.63) is 29.8 Å². The normalized spacial score (nSPS) is 20.4. The summed E-state index contributed by atoms with van der Waals surface area (Å²) in [7, 11) is 0. The summed E-state index contributed by atoms with van der Waals surface area (Å²) in [5, 5.41) is 2.57. The molecule has 1 aromatic carbocycles. The fourth-order valence-electron chi connectivity index (χ4n) is 1.98. The van der Waals surface area contributed by atoms with E-state index in [2.05, 4.69) is 17.4 Å². The van der Waals surface area contributed by atoms with Crippen molar-refractivity contribution in [2.45, 2.75) is 18.8 Å². The first-order valence-electron chi connectivity index (χ1n) is 5.50. The first-order chi connectivity index (χ1) is 7.75. The molecule has 1 aliphatic rings. The molecule has 0 bridgehead atoms. The van der Waals surface area contributed by atoms with Gasteiger partial charge in [-0.15, -0.1) is 0 Å².